The quantitative estimate of drug-likeness (QED) is 0.806. The van der Waals surface area contributed by atoms with Crippen molar-refractivity contribution in [2.75, 3.05) is 19.8 Å². The minimum atomic E-state index is -3.37. The minimum absolute atomic E-state index is 0.179. The molecule has 1 aliphatic carbocycles. The first kappa shape index (κ1) is 13.8. The topological polar surface area (TPSA) is 83.9 Å². The van der Waals surface area contributed by atoms with E-state index in [1.54, 1.807) is 0 Å². The van der Waals surface area contributed by atoms with E-state index in [-0.39, 0.29) is 24.8 Å². The lowest BCUT2D eigenvalue weighted by Crippen LogP contribution is -2.51. The molecule has 104 valence electrons. The monoisotopic (exact) mass is 277 g/mol. The Balaban J connectivity index is 2.14. The highest BCUT2D eigenvalue weighted by molar-refractivity contribution is 7.89. The average molecular weight is 277 g/mol. The molecule has 2 fully saturated rings. The summed E-state index contributed by atoms with van der Waals surface area (Å²) in [6.45, 7) is 0.803. The Labute approximate surface area is 107 Å². The number of nitrogens with zero attached hydrogens (tertiary/aromatic N) is 1. The SMILES string of the molecule is O=C(O)CC1COCCN1S(=O)(=O)C1CCCC1. The Morgan fingerprint density at radius 1 is 1.33 bits per heavy atom. The Morgan fingerprint density at radius 2 is 2.00 bits per heavy atom. The highest BCUT2D eigenvalue weighted by atomic mass is 32.2. The molecule has 0 spiro atoms. The molecule has 0 radical (unpaired) electrons. The van der Waals surface area contributed by atoms with Gasteiger partial charge in [-0.3, -0.25) is 4.79 Å². The molecule has 6 nitrogen and oxygen atoms in total. The smallest absolute Gasteiger partial charge is 0.305 e. The van der Waals surface area contributed by atoms with Crippen molar-refractivity contribution in [2.45, 2.75) is 43.4 Å². The van der Waals surface area contributed by atoms with Gasteiger partial charge in [-0.15, -0.1) is 0 Å². The molecule has 1 unspecified atom stereocenters. The van der Waals surface area contributed by atoms with Crippen LogP contribution in [-0.2, 0) is 19.6 Å². The predicted molar refractivity (Wildman–Crippen MR) is 64.7 cm³/mol. The zero-order valence-electron chi connectivity index (χ0n) is 10.2. The van der Waals surface area contributed by atoms with E-state index < -0.39 is 22.0 Å². The number of aliphatic carboxylic acids is 1. The van der Waals surface area contributed by atoms with Gasteiger partial charge in [-0.1, -0.05) is 12.8 Å². The van der Waals surface area contributed by atoms with Crippen LogP contribution in [0.2, 0.25) is 0 Å². The molecule has 2 aliphatic rings. The van der Waals surface area contributed by atoms with Gasteiger partial charge < -0.3 is 9.84 Å². The van der Waals surface area contributed by atoms with E-state index in [0.717, 1.165) is 12.8 Å². The van der Waals surface area contributed by atoms with Crippen molar-refractivity contribution in [1.82, 2.24) is 4.31 Å². The zero-order chi connectivity index (χ0) is 13.2. The summed E-state index contributed by atoms with van der Waals surface area (Å²) in [7, 11) is -3.37. The molecule has 0 aromatic heterocycles. The number of rotatable bonds is 4. The zero-order valence-corrected chi connectivity index (χ0v) is 11.1. The normalized spacial score (nSPS) is 27.4. The van der Waals surface area contributed by atoms with E-state index in [0.29, 0.717) is 19.4 Å². The molecule has 0 aromatic carbocycles. The fraction of sp³-hybridized carbons (Fsp3) is 0.909. The number of carboxylic acids is 1. The van der Waals surface area contributed by atoms with Gasteiger partial charge in [0, 0.05) is 6.54 Å². The summed E-state index contributed by atoms with van der Waals surface area (Å²) in [6.07, 6.45) is 3.08. The van der Waals surface area contributed by atoms with Crippen LogP contribution in [0.25, 0.3) is 0 Å². The number of ether oxygens (including phenoxy) is 1. The van der Waals surface area contributed by atoms with Crippen LogP contribution >= 0.6 is 0 Å². The summed E-state index contributed by atoms with van der Waals surface area (Å²) in [5.41, 5.74) is 0. The molecule has 2 rings (SSSR count). The summed E-state index contributed by atoms with van der Waals surface area (Å²) < 4.78 is 31.5. The molecular formula is C11H19NO5S. The van der Waals surface area contributed by atoms with Gasteiger partial charge in [0.05, 0.1) is 30.9 Å². The third kappa shape index (κ3) is 2.84. The minimum Gasteiger partial charge on any atom is -0.481 e. The molecular weight excluding hydrogens is 258 g/mol. The molecule has 1 atom stereocenters. The van der Waals surface area contributed by atoms with E-state index in [1.807, 2.05) is 0 Å². The summed E-state index contributed by atoms with van der Waals surface area (Å²) in [5, 5.41) is 8.51. The van der Waals surface area contributed by atoms with Crippen LogP contribution in [-0.4, -0.2) is 54.8 Å². The molecule has 1 saturated carbocycles. The van der Waals surface area contributed by atoms with Crippen molar-refractivity contribution in [2.24, 2.45) is 0 Å². The largest absolute Gasteiger partial charge is 0.481 e. The number of carbonyl (C=O) groups is 1. The van der Waals surface area contributed by atoms with Gasteiger partial charge in [-0.05, 0) is 12.8 Å². The predicted octanol–water partition coefficient (Wildman–Crippen LogP) is 0.434. The van der Waals surface area contributed by atoms with Crippen LogP contribution in [0.3, 0.4) is 0 Å². The van der Waals surface area contributed by atoms with Gasteiger partial charge in [-0.25, -0.2) is 8.42 Å². The second kappa shape index (κ2) is 5.54. The maximum Gasteiger partial charge on any atom is 0.305 e. The lowest BCUT2D eigenvalue weighted by molar-refractivity contribution is -0.139. The van der Waals surface area contributed by atoms with Crippen LogP contribution in [0.4, 0.5) is 0 Å². The van der Waals surface area contributed by atoms with Crippen LogP contribution in [0.5, 0.6) is 0 Å². The Bertz CT molecular complexity index is 402. The van der Waals surface area contributed by atoms with E-state index >= 15 is 0 Å². The molecule has 18 heavy (non-hydrogen) atoms. The summed E-state index contributed by atoms with van der Waals surface area (Å²) in [4.78, 5) is 10.8. The van der Waals surface area contributed by atoms with Crippen LogP contribution in [0.15, 0.2) is 0 Å². The third-order valence-electron chi connectivity index (χ3n) is 3.63. The van der Waals surface area contributed by atoms with Crippen molar-refractivity contribution in [1.29, 1.82) is 0 Å². The number of hydrogen-bond acceptors (Lipinski definition) is 4. The number of sulfonamides is 1. The second-order valence-corrected chi connectivity index (χ2v) is 7.05. The van der Waals surface area contributed by atoms with Crippen molar-refractivity contribution in [3.8, 4) is 0 Å². The first-order valence-corrected chi connectivity index (χ1v) is 7.82. The lowest BCUT2D eigenvalue weighted by Gasteiger charge is -2.35. The van der Waals surface area contributed by atoms with Crippen molar-refractivity contribution < 1.29 is 23.1 Å². The van der Waals surface area contributed by atoms with Crippen molar-refractivity contribution >= 4 is 16.0 Å². The van der Waals surface area contributed by atoms with Gasteiger partial charge in [0.2, 0.25) is 10.0 Å². The van der Waals surface area contributed by atoms with Crippen molar-refractivity contribution in [3.63, 3.8) is 0 Å². The number of carboxylic acid groups (broad SMARTS) is 1. The maximum absolute atomic E-state index is 12.5. The van der Waals surface area contributed by atoms with E-state index in [4.69, 9.17) is 9.84 Å². The molecule has 0 amide bonds. The van der Waals surface area contributed by atoms with Crippen molar-refractivity contribution in [3.05, 3.63) is 0 Å². The third-order valence-corrected chi connectivity index (χ3v) is 6.08. The summed E-state index contributed by atoms with van der Waals surface area (Å²) in [6, 6.07) is -0.554. The fourth-order valence-corrected chi connectivity index (χ4v) is 4.91. The highest BCUT2D eigenvalue weighted by Crippen LogP contribution is 2.29. The molecule has 1 saturated heterocycles. The molecule has 7 heteroatoms. The summed E-state index contributed by atoms with van der Waals surface area (Å²) >= 11 is 0. The summed E-state index contributed by atoms with van der Waals surface area (Å²) in [5.74, 6) is -0.989. The molecule has 1 N–H and O–H groups in total. The van der Waals surface area contributed by atoms with E-state index in [9.17, 15) is 13.2 Å². The maximum atomic E-state index is 12.5. The number of hydrogen-bond donors (Lipinski definition) is 1. The Hall–Kier alpha value is -0.660. The average Bonchev–Trinajstić information content (AvgIpc) is 2.82. The Morgan fingerprint density at radius 3 is 2.61 bits per heavy atom. The molecule has 0 aromatic rings. The highest BCUT2D eigenvalue weighted by Gasteiger charge is 2.39. The van der Waals surface area contributed by atoms with Crippen LogP contribution in [0.1, 0.15) is 32.1 Å². The van der Waals surface area contributed by atoms with E-state index in [1.165, 1.54) is 4.31 Å². The number of morpholine rings is 1. The van der Waals surface area contributed by atoms with Crippen LogP contribution < -0.4 is 0 Å². The van der Waals surface area contributed by atoms with Gasteiger partial charge in [-0.2, -0.15) is 4.31 Å². The molecule has 1 aliphatic heterocycles. The van der Waals surface area contributed by atoms with Gasteiger partial charge in [0.25, 0.3) is 0 Å². The lowest BCUT2D eigenvalue weighted by atomic mass is 10.2. The first-order chi connectivity index (χ1) is 8.51. The van der Waals surface area contributed by atoms with Gasteiger partial charge >= 0.3 is 5.97 Å². The first-order valence-electron chi connectivity index (χ1n) is 6.32. The van der Waals surface area contributed by atoms with Crippen LogP contribution in [0, 0.1) is 0 Å². The Kier molecular flexibility index (Phi) is 4.24. The van der Waals surface area contributed by atoms with Gasteiger partial charge in [0.1, 0.15) is 0 Å². The fourth-order valence-electron chi connectivity index (χ4n) is 2.71. The van der Waals surface area contributed by atoms with E-state index in [2.05, 4.69) is 0 Å². The second-order valence-electron chi connectivity index (χ2n) is 4.89. The van der Waals surface area contributed by atoms with Gasteiger partial charge in [0.15, 0.2) is 0 Å². The molecule has 1 heterocycles. The molecule has 0 bridgehead atoms. The standard InChI is InChI=1S/C11H19NO5S/c13-11(14)7-9-8-17-6-5-12(9)18(15,16)10-3-1-2-4-10/h9-10H,1-8H2,(H,13,14).